The van der Waals surface area contributed by atoms with Crippen LogP contribution >= 0.6 is 0 Å². The highest BCUT2D eigenvalue weighted by Gasteiger charge is 2.44. The molecule has 0 radical (unpaired) electrons. The smallest absolute Gasteiger partial charge is 0.421 e. The normalized spacial score (nSPS) is 12.3. The van der Waals surface area contributed by atoms with Gasteiger partial charge in [-0.15, -0.1) is 0 Å². The van der Waals surface area contributed by atoms with E-state index in [4.69, 9.17) is 37.3 Å². The zero-order valence-electron chi connectivity index (χ0n) is 11.2. The van der Waals surface area contributed by atoms with E-state index in [9.17, 15) is 4.46 Å². The third-order valence-corrected chi connectivity index (χ3v) is 2.75. The van der Waals surface area contributed by atoms with E-state index in [1.807, 2.05) is 0 Å². The summed E-state index contributed by atoms with van der Waals surface area (Å²) in [6, 6.07) is 0. The first-order valence-corrected chi connectivity index (χ1v) is 5.92. The number of ether oxygens (including phenoxy) is 6. The summed E-state index contributed by atoms with van der Waals surface area (Å²) in [5.41, 5.74) is 0. The van der Waals surface area contributed by atoms with Crippen molar-refractivity contribution in [2.24, 2.45) is 0 Å². The fraction of sp³-hybridized carbons (Fsp3) is 1.00. The predicted octanol–water partition coefficient (Wildman–Crippen LogP) is -0.464. The van der Waals surface area contributed by atoms with Crippen molar-refractivity contribution in [2.45, 2.75) is 12.3 Å². The van der Waals surface area contributed by atoms with Gasteiger partial charge in [0.05, 0.1) is 0 Å². The van der Waals surface area contributed by atoms with Crippen molar-refractivity contribution < 1.29 is 41.7 Å². The van der Waals surface area contributed by atoms with Crippen LogP contribution in [0.1, 0.15) is 0 Å². The molecule has 10 heteroatoms. The molecule has 0 fully saturated rings. The zero-order valence-corrected chi connectivity index (χ0v) is 12.2. The summed E-state index contributed by atoms with van der Waals surface area (Å²) in [4.78, 5) is 0. The average molecular weight is 286 g/mol. The third kappa shape index (κ3) is 4.24. The maximum absolute atomic E-state index is 11.7. The topological polar surface area (TPSA) is 90.9 Å². The Hall–Kier alpha value is -0.623. The van der Waals surface area contributed by atoms with E-state index in [1.165, 1.54) is 42.7 Å². The number of hydrogen-bond donors (Lipinski definition) is 0. The molecule has 0 aromatic carbocycles. The molecule has 0 aliphatic heterocycles. The van der Waals surface area contributed by atoms with Crippen LogP contribution in [0.15, 0.2) is 0 Å². The molecule has 0 aliphatic carbocycles. The summed E-state index contributed by atoms with van der Waals surface area (Å²) < 4.78 is 50.1. The van der Waals surface area contributed by atoms with Gasteiger partial charge in [0.2, 0.25) is 0 Å². The van der Waals surface area contributed by atoms with Crippen molar-refractivity contribution in [3.63, 3.8) is 0 Å². The molecule has 0 atom stereocenters. The Morgan fingerprint density at radius 2 is 0.833 bits per heavy atom. The lowest BCUT2D eigenvalue weighted by Crippen LogP contribution is -2.47. The van der Waals surface area contributed by atoms with Gasteiger partial charge in [0.25, 0.3) is 0 Å². The van der Waals surface area contributed by atoms with Gasteiger partial charge in [0.15, 0.2) is 0 Å². The lowest BCUT2D eigenvalue weighted by Gasteiger charge is -2.30. The molecule has 18 heavy (non-hydrogen) atoms. The van der Waals surface area contributed by atoms with Crippen molar-refractivity contribution in [1.29, 1.82) is 0 Å². The first kappa shape index (κ1) is 17.4. The molecule has 0 saturated carbocycles. The van der Waals surface area contributed by atoms with Crippen LogP contribution in [0.3, 0.4) is 0 Å². The molecule has 0 aromatic rings. The van der Waals surface area contributed by atoms with E-state index in [-0.39, 0.29) is 0 Å². The second-order valence-corrected chi connectivity index (χ2v) is 3.59. The Bertz CT molecular complexity index is 210. The van der Waals surface area contributed by atoms with Crippen molar-refractivity contribution in [2.75, 3.05) is 42.7 Å². The molecule has 9 nitrogen and oxygen atoms in total. The summed E-state index contributed by atoms with van der Waals surface area (Å²) >= 11 is 0. The fourth-order valence-electron chi connectivity index (χ4n) is 0.975. The van der Waals surface area contributed by atoms with Crippen LogP contribution in [-0.2, 0) is 41.7 Å². The quantitative estimate of drug-likeness (QED) is 0.390. The minimum Gasteiger partial charge on any atom is -0.421 e. The van der Waals surface area contributed by atoms with Gasteiger partial charge in [0, 0.05) is 42.7 Å². The molecule has 0 heterocycles. The molecule has 0 unspecified atom stereocenters. The van der Waals surface area contributed by atoms with Crippen molar-refractivity contribution in [3.8, 4) is 0 Å². The van der Waals surface area contributed by atoms with E-state index in [0.29, 0.717) is 0 Å². The highest BCUT2D eigenvalue weighted by atomic mass is 28.3. The standard InChI is InChI=1S/C8H18O9Si/c1-10-7(11-2,12-3)16-18(9)17-8(13-4,14-5)15-6/h1-6H3. The van der Waals surface area contributed by atoms with Crippen LogP contribution in [0.2, 0.25) is 0 Å². The Morgan fingerprint density at radius 1 is 0.611 bits per heavy atom. The van der Waals surface area contributed by atoms with Gasteiger partial charge in [-0.25, -0.2) is 0 Å². The molecule has 0 N–H and O–H groups in total. The Labute approximate surface area is 107 Å². The van der Waals surface area contributed by atoms with E-state index < -0.39 is 21.5 Å². The first-order valence-electron chi connectivity index (χ1n) is 4.69. The maximum Gasteiger partial charge on any atom is 0.778 e. The van der Waals surface area contributed by atoms with Crippen LogP contribution in [-0.4, -0.2) is 64.1 Å². The zero-order chi connectivity index (χ0) is 14.2. The summed E-state index contributed by atoms with van der Waals surface area (Å²) in [6.07, 6.45) is -3.89. The molecule has 0 aromatic heterocycles. The SMILES string of the molecule is COC(OC)(OC)O[Si](=O)OC(OC)(OC)OC. The highest BCUT2D eigenvalue weighted by Crippen LogP contribution is 2.18. The van der Waals surface area contributed by atoms with Crippen molar-refractivity contribution in [1.82, 2.24) is 0 Å². The van der Waals surface area contributed by atoms with Gasteiger partial charge in [-0.3, -0.25) is 32.9 Å². The van der Waals surface area contributed by atoms with Gasteiger partial charge >= 0.3 is 21.5 Å². The second-order valence-electron chi connectivity index (χ2n) is 2.68. The number of rotatable bonds is 10. The predicted molar refractivity (Wildman–Crippen MR) is 56.1 cm³/mol. The van der Waals surface area contributed by atoms with E-state index in [2.05, 4.69) is 0 Å². The van der Waals surface area contributed by atoms with E-state index in [0.717, 1.165) is 0 Å². The van der Waals surface area contributed by atoms with Gasteiger partial charge in [0.1, 0.15) is 0 Å². The molecular weight excluding hydrogens is 268 g/mol. The summed E-state index contributed by atoms with van der Waals surface area (Å²) in [5.74, 6) is 0. The van der Waals surface area contributed by atoms with Gasteiger partial charge in [-0.05, 0) is 0 Å². The lowest BCUT2D eigenvalue weighted by atomic mass is 11.0. The lowest BCUT2D eigenvalue weighted by molar-refractivity contribution is -0.477. The number of methoxy groups -OCH3 is 6. The van der Waals surface area contributed by atoms with Gasteiger partial charge in [-0.2, -0.15) is 0 Å². The number of hydrogen-bond acceptors (Lipinski definition) is 9. The Kier molecular flexibility index (Phi) is 7.47. The molecular formula is C8H18O9Si. The van der Waals surface area contributed by atoms with Gasteiger partial charge in [-0.1, -0.05) is 0 Å². The van der Waals surface area contributed by atoms with Gasteiger partial charge < -0.3 is 8.85 Å². The monoisotopic (exact) mass is 286 g/mol. The minimum absolute atomic E-state index is 1.23. The highest BCUT2D eigenvalue weighted by molar-refractivity contribution is 6.26. The molecule has 0 amide bonds. The molecule has 108 valence electrons. The summed E-state index contributed by atoms with van der Waals surface area (Å²) in [5, 5.41) is 0. The minimum atomic E-state index is -3.17. The van der Waals surface area contributed by atoms with Crippen LogP contribution in [0.25, 0.3) is 0 Å². The summed E-state index contributed by atoms with van der Waals surface area (Å²) in [7, 11) is 4.23. The van der Waals surface area contributed by atoms with Crippen LogP contribution < -0.4 is 0 Å². The van der Waals surface area contributed by atoms with Crippen LogP contribution in [0.5, 0.6) is 0 Å². The van der Waals surface area contributed by atoms with E-state index in [1.54, 1.807) is 0 Å². The second kappa shape index (κ2) is 7.73. The van der Waals surface area contributed by atoms with E-state index >= 15 is 0 Å². The Morgan fingerprint density at radius 3 is 1.00 bits per heavy atom. The van der Waals surface area contributed by atoms with Crippen LogP contribution in [0.4, 0.5) is 0 Å². The van der Waals surface area contributed by atoms with Crippen molar-refractivity contribution in [3.05, 3.63) is 0 Å². The largest absolute Gasteiger partial charge is 0.778 e. The molecule has 0 bridgehead atoms. The Balaban J connectivity index is 4.67. The fourth-order valence-corrected chi connectivity index (χ4v) is 1.92. The van der Waals surface area contributed by atoms with Crippen LogP contribution in [0, 0.1) is 0 Å². The first-order chi connectivity index (χ1) is 8.46. The van der Waals surface area contributed by atoms with Crippen molar-refractivity contribution >= 4 is 9.17 Å². The molecule has 0 rings (SSSR count). The molecule has 0 aliphatic rings. The third-order valence-electron chi connectivity index (χ3n) is 1.92. The molecule has 0 spiro atoms. The molecule has 0 saturated heterocycles. The average Bonchev–Trinajstić information content (AvgIpc) is 2.42. The summed E-state index contributed by atoms with van der Waals surface area (Å²) in [6.45, 7) is 0. The maximum atomic E-state index is 11.7.